The van der Waals surface area contributed by atoms with Gasteiger partial charge in [0.25, 0.3) is 0 Å². The van der Waals surface area contributed by atoms with Crippen LogP contribution >= 0.6 is 0 Å². The number of cyclic esters (lactones) is 1. The number of carboxylic acids is 1. The van der Waals surface area contributed by atoms with E-state index >= 15 is 0 Å². The van der Waals surface area contributed by atoms with Gasteiger partial charge >= 0.3 is 11.9 Å². The second-order valence-corrected chi connectivity index (χ2v) is 14.2. The van der Waals surface area contributed by atoms with Crippen LogP contribution in [0.3, 0.4) is 0 Å². The van der Waals surface area contributed by atoms with Gasteiger partial charge < -0.3 is 60.4 Å². The second-order valence-electron chi connectivity index (χ2n) is 14.2. The number of aliphatic hydroxyl groups excluding tert-OH is 5. The first-order valence-corrected chi connectivity index (χ1v) is 18.6. The van der Waals surface area contributed by atoms with E-state index in [2.05, 4.69) is 0 Å². The zero-order chi connectivity index (χ0) is 39.1. The van der Waals surface area contributed by atoms with Crippen LogP contribution in [-0.2, 0) is 33.3 Å². The molecule has 3 aliphatic rings. The summed E-state index contributed by atoms with van der Waals surface area (Å²) < 4.78 is 23.1. The van der Waals surface area contributed by atoms with E-state index in [1.54, 1.807) is 49.5 Å². The fraction of sp³-hybridized carbons (Fsp3) is 0.711. The zero-order valence-electron chi connectivity index (χ0n) is 30.6. The van der Waals surface area contributed by atoms with E-state index in [0.717, 1.165) is 6.42 Å². The van der Waals surface area contributed by atoms with Crippen LogP contribution in [0.5, 0.6) is 0 Å². The normalized spacial score (nSPS) is 41.5. The van der Waals surface area contributed by atoms with Gasteiger partial charge in [-0.15, -0.1) is 0 Å². The van der Waals surface area contributed by atoms with Gasteiger partial charge in [0.15, 0.2) is 12.1 Å². The van der Waals surface area contributed by atoms with E-state index in [1.165, 1.54) is 0 Å². The molecule has 0 aromatic rings. The molecule has 300 valence electrons. The lowest BCUT2D eigenvalue weighted by molar-refractivity contribution is -0.305. The lowest BCUT2D eigenvalue weighted by atomic mass is 9.83. The molecule has 0 radical (unpaired) electrons. The molecule has 0 saturated carbocycles. The first-order chi connectivity index (χ1) is 25.2. The van der Waals surface area contributed by atoms with Crippen LogP contribution in [0.25, 0.3) is 0 Å². The molecule has 0 aromatic heterocycles. The van der Waals surface area contributed by atoms with Crippen molar-refractivity contribution < 1.29 is 69.1 Å². The first-order valence-electron chi connectivity index (χ1n) is 18.6. The summed E-state index contributed by atoms with van der Waals surface area (Å²) in [5, 5.41) is 74.6. The summed E-state index contributed by atoms with van der Waals surface area (Å²) in [4.78, 5) is 38.1. The first kappa shape index (κ1) is 44.6. The van der Waals surface area contributed by atoms with Crippen molar-refractivity contribution in [1.82, 2.24) is 0 Å². The van der Waals surface area contributed by atoms with Crippen LogP contribution in [-0.4, -0.2) is 127 Å². The number of esters is 1. The summed E-state index contributed by atoms with van der Waals surface area (Å²) in [6, 6.07) is -1.08. The Morgan fingerprint density at radius 1 is 0.981 bits per heavy atom. The van der Waals surface area contributed by atoms with Gasteiger partial charge in [0.2, 0.25) is 0 Å². The molecule has 2 bridgehead atoms. The highest BCUT2D eigenvalue weighted by Gasteiger charge is 2.50. The molecule has 13 atom stereocenters. The number of allylic oxidation sites excluding steroid dienone is 6. The molecule has 0 aromatic carbocycles. The van der Waals surface area contributed by atoms with Crippen molar-refractivity contribution in [3.8, 4) is 0 Å². The summed E-state index contributed by atoms with van der Waals surface area (Å²) in [6.07, 6.45) is 3.90. The Bertz CT molecular complexity index is 1290. The highest BCUT2D eigenvalue weighted by molar-refractivity contribution is 5.80. The Kier molecular flexibility index (Phi) is 18.4. The number of hydrogen-bond donors (Lipinski definition) is 8. The molecular formula is C38H59NO14. The van der Waals surface area contributed by atoms with Gasteiger partial charge in [0, 0.05) is 38.5 Å². The number of aliphatic hydroxyl groups is 6. The van der Waals surface area contributed by atoms with E-state index in [1.807, 2.05) is 13.0 Å². The van der Waals surface area contributed by atoms with Gasteiger partial charge in [0.1, 0.15) is 23.9 Å². The van der Waals surface area contributed by atoms with Gasteiger partial charge in [0.05, 0.1) is 55.2 Å². The molecule has 2 fully saturated rings. The van der Waals surface area contributed by atoms with Gasteiger partial charge in [-0.3, -0.25) is 14.4 Å². The maximum absolute atomic E-state index is 13.0. The number of aliphatic carboxylic acids is 1. The molecule has 3 aliphatic heterocycles. The molecule has 15 heteroatoms. The molecule has 3 rings (SSSR count). The minimum Gasteiger partial charge on any atom is -0.481 e. The predicted molar refractivity (Wildman–Crippen MR) is 191 cm³/mol. The average Bonchev–Trinajstić information content (AvgIpc) is 3.06. The molecule has 3 heterocycles. The third kappa shape index (κ3) is 14.1. The van der Waals surface area contributed by atoms with Gasteiger partial charge in [-0.2, -0.15) is 0 Å². The average molecular weight is 754 g/mol. The molecule has 0 aliphatic carbocycles. The number of carbonyl (C=O) groups is 3. The van der Waals surface area contributed by atoms with Crippen molar-refractivity contribution in [1.29, 1.82) is 0 Å². The third-order valence-electron chi connectivity index (χ3n) is 9.82. The van der Waals surface area contributed by atoms with E-state index in [9.17, 15) is 50.1 Å². The molecule has 0 amide bonds. The summed E-state index contributed by atoms with van der Waals surface area (Å²) in [6.45, 7) is 3.49. The molecular weight excluding hydrogens is 694 g/mol. The zero-order valence-corrected chi connectivity index (χ0v) is 30.6. The molecule has 0 spiro atoms. The number of rotatable bonds is 6. The largest absolute Gasteiger partial charge is 0.481 e. The Labute approximate surface area is 310 Å². The lowest BCUT2D eigenvalue weighted by Gasteiger charge is -2.44. The van der Waals surface area contributed by atoms with Gasteiger partial charge in [-0.25, -0.2) is 0 Å². The van der Waals surface area contributed by atoms with Crippen molar-refractivity contribution in [2.45, 2.75) is 151 Å². The number of ketones is 1. The second kappa shape index (κ2) is 21.9. The van der Waals surface area contributed by atoms with Crippen LogP contribution < -0.4 is 5.73 Å². The maximum atomic E-state index is 13.0. The van der Waals surface area contributed by atoms with E-state index in [0.29, 0.717) is 12.8 Å². The Morgan fingerprint density at radius 3 is 2.36 bits per heavy atom. The summed E-state index contributed by atoms with van der Waals surface area (Å²) in [5.41, 5.74) is 5.91. The Morgan fingerprint density at radius 2 is 1.68 bits per heavy atom. The molecule has 2 saturated heterocycles. The number of Topliss-reactive ketones (excluding diaryl/α,β-unsaturated/α-hetero) is 1. The minimum atomic E-state index is -2.15. The molecule has 9 N–H and O–H groups in total. The number of hydrogen-bond acceptors (Lipinski definition) is 14. The number of ether oxygens (including phenoxy) is 4. The maximum Gasteiger partial charge on any atom is 0.311 e. The number of carboxylic acid groups (broad SMARTS) is 1. The van der Waals surface area contributed by atoms with Gasteiger partial charge in [-0.05, 0) is 25.7 Å². The summed E-state index contributed by atoms with van der Waals surface area (Å²) in [5.74, 6) is -6.79. The lowest BCUT2D eigenvalue weighted by Crippen LogP contribution is -2.59. The molecule has 15 nitrogen and oxygen atoms in total. The number of carbonyl (C=O) groups excluding carboxylic acids is 2. The summed E-state index contributed by atoms with van der Waals surface area (Å²) >= 11 is 0. The number of nitrogens with two attached hydrogens (primary N) is 1. The van der Waals surface area contributed by atoms with E-state index in [4.69, 9.17) is 24.7 Å². The van der Waals surface area contributed by atoms with E-state index in [-0.39, 0.29) is 50.9 Å². The topological polar surface area (TPSA) is 256 Å². The fourth-order valence-electron chi connectivity index (χ4n) is 6.90. The van der Waals surface area contributed by atoms with Crippen LogP contribution in [0.4, 0.5) is 0 Å². The number of fused-ring (bicyclic) bond motifs is 2. The smallest absolute Gasteiger partial charge is 0.311 e. The SMILES string of the molecule is CCCC1C/C=C/C=C/C=C/C=C/C(OC2OC[C@@H](O)[C@H](N)[C@@H]2O)C[C@@H]2OC(O)(CC(O)CCCC(=O)CC(O)C(CC)C(=O)O1)C[C@H](O)[C@H]2C(=O)O. The van der Waals surface area contributed by atoms with Crippen LogP contribution in [0.2, 0.25) is 0 Å². The monoisotopic (exact) mass is 753 g/mol. The van der Waals surface area contributed by atoms with Gasteiger partial charge in [-0.1, -0.05) is 68.9 Å². The quantitative estimate of drug-likeness (QED) is 0.178. The summed E-state index contributed by atoms with van der Waals surface area (Å²) in [7, 11) is 0. The van der Waals surface area contributed by atoms with E-state index < -0.39 is 104 Å². The Balaban J connectivity index is 1.89. The third-order valence-corrected chi connectivity index (χ3v) is 9.82. The highest BCUT2D eigenvalue weighted by atomic mass is 16.7. The van der Waals surface area contributed by atoms with Crippen molar-refractivity contribution in [2.75, 3.05) is 6.61 Å². The van der Waals surface area contributed by atoms with Crippen molar-refractivity contribution in [2.24, 2.45) is 17.6 Å². The fourth-order valence-corrected chi connectivity index (χ4v) is 6.90. The highest BCUT2D eigenvalue weighted by Crippen LogP contribution is 2.38. The minimum absolute atomic E-state index is 0.0163. The van der Waals surface area contributed by atoms with Crippen molar-refractivity contribution in [3.63, 3.8) is 0 Å². The van der Waals surface area contributed by atoms with Crippen molar-refractivity contribution in [3.05, 3.63) is 48.6 Å². The van der Waals surface area contributed by atoms with Crippen LogP contribution in [0.15, 0.2) is 48.6 Å². The van der Waals surface area contributed by atoms with Crippen LogP contribution in [0, 0.1) is 11.8 Å². The standard InChI is InChI=1S/C38H59NO14/c1-3-13-25-16-10-8-6-5-7-9-11-17-26(52-37-34(45)33(39)30(44)22-50-37)19-31-32(35(46)47)29(43)21-38(49,53-31)20-24(41)15-12-14-23(40)18-28(42)27(4-2)36(48)51-25/h5-11,17,24-34,37,41-45,49H,3-4,12-16,18-22,39H2,1-2H3,(H,46,47)/b6-5+,9-7+,10-8+,17-11+/t24?,25?,26?,27?,28?,29-,30+,31-,32+,33-,34-,37?,38?/m0/s1. The predicted octanol–water partition coefficient (Wildman–Crippen LogP) is 1.31. The molecule has 7 unspecified atom stereocenters. The Hall–Kier alpha value is -2.83. The van der Waals surface area contributed by atoms with Crippen molar-refractivity contribution >= 4 is 17.7 Å². The van der Waals surface area contributed by atoms with Crippen LogP contribution in [0.1, 0.15) is 84.5 Å². The molecule has 53 heavy (non-hydrogen) atoms.